The first-order valence-corrected chi connectivity index (χ1v) is 11.6. The topological polar surface area (TPSA) is 97.6 Å². The van der Waals surface area contributed by atoms with Crippen LogP contribution in [0.25, 0.3) is 0 Å². The maximum absolute atomic E-state index is 13.9. The number of aliphatic imine (C=N–C) groups is 1. The molecule has 2 fully saturated rings. The fourth-order valence-electron chi connectivity index (χ4n) is 4.97. The van der Waals surface area contributed by atoms with Crippen LogP contribution >= 0.6 is 0 Å². The molecule has 7 nitrogen and oxygen atoms in total. The number of carbonyl (C=O) groups is 2. The Labute approximate surface area is 192 Å². The second-order valence-corrected chi connectivity index (χ2v) is 9.49. The van der Waals surface area contributed by atoms with Gasteiger partial charge in [0, 0.05) is 18.7 Å². The zero-order valence-corrected chi connectivity index (χ0v) is 18.8. The second-order valence-electron chi connectivity index (χ2n) is 9.49. The van der Waals surface area contributed by atoms with Gasteiger partial charge in [-0.15, -0.1) is 0 Å². The number of benzene rings is 1. The van der Waals surface area contributed by atoms with Crippen molar-refractivity contribution in [2.75, 3.05) is 20.1 Å². The third kappa shape index (κ3) is 5.06. The van der Waals surface area contributed by atoms with Crippen LogP contribution in [0.3, 0.4) is 0 Å². The van der Waals surface area contributed by atoms with Crippen LogP contribution in [0, 0.1) is 28.9 Å². The van der Waals surface area contributed by atoms with E-state index in [1.807, 2.05) is 7.05 Å². The number of halogens is 2. The standard InChI is InChI=1S/C24H29F2N5O2/c1-31-9-7-24(14-27,8-10-31)30-23(33)20(11-15-5-3-2-4-6-15)28-21-16-12-18(25)19(26)13-17(16)22(32)29-21/h12-13,15,20H,2-11H2,1H3,(H,30,33)(H,28,29,32)/t20-/m0/s1. The average Bonchev–Trinajstić information content (AvgIpc) is 3.10. The van der Waals surface area contributed by atoms with Gasteiger partial charge in [-0.25, -0.2) is 8.78 Å². The third-order valence-corrected chi connectivity index (χ3v) is 7.08. The molecule has 1 atom stereocenters. The number of nitrogens with one attached hydrogen (secondary N) is 2. The van der Waals surface area contributed by atoms with Crippen LogP contribution in [0.15, 0.2) is 17.1 Å². The van der Waals surface area contributed by atoms with E-state index in [9.17, 15) is 23.6 Å². The summed E-state index contributed by atoms with van der Waals surface area (Å²) in [5, 5.41) is 15.3. The summed E-state index contributed by atoms with van der Waals surface area (Å²) in [7, 11) is 1.98. The normalized spacial score (nSPS) is 23.0. The smallest absolute Gasteiger partial charge is 0.257 e. The Morgan fingerprint density at radius 1 is 1.24 bits per heavy atom. The van der Waals surface area contributed by atoms with Crippen LogP contribution in [-0.4, -0.2) is 54.3 Å². The van der Waals surface area contributed by atoms with E-state index in [0.29, 0.717) is 38.3 Å². The minimum atomic E-state index is -1.11. The number of hydrogen-bond acceptors (Lipinski definition) is 5. The van der Waals surface area contributed by atoms with Gasteiger partial charge in [-0.05, 0) is 44.4 Å². The van der Waals surface area contributed by atoms with Crippen molar-refractivity contribution in [1.82, 2.24) is 15.5 Å². The van der Waals surface area contributed by atoms with Gasteiger partial charge in [0.15, 0.2) is 11.6 Å². The molecule has 1 saturated heterocycles. The Balaban J connectivity index is 1.62. The molecule has 176 valence electrons. The minimum absolute atomic E-state index is 0.00622. The van der Waals surface area contributed by atoms with Crippen molar-refractivity contribution in [2.45, 2.75) is 62.9 Å². The lowest BCUT2D eigenvalue weighted by Gasteiger charge is -2.37. The quantitative estimate of drug-likeness (QED) is 0.711. The van der Waals surface area contributed by atoms with Gasteiger partial charge in [0.05, 0.1) is 11.6 Å². The first-order chi connectivity index (χ1) is 15.8. The molecule has 9 heteroatoms. The van der Waals surface area contributed by atoms with E-state index in [1.54, 1.807) is 0 Å². The number of carbonyl (C=O) groups excluding carboxylic acids is 2. The Morgan fingerprint density at radius 2 is 1.88 bits per heavy atom. The molecule has 2 N–H and O–H groups in total. The van der Waals surface area contributed by atoms with Crippen molar-refractivity contribution in [2.24, 2.45) is 10.9 Å². The molecule has 4 rings (SSSR count). The molecule has 1 aromatic rings. The number of fused-ring (bicyclic) bond motifs is 1. The van der Waals surface area contributed by atoms with Crippen LogP contribution in [0.2, 0.25) is 0 Å². The van der Waals surface area contributed by atoms with Crippen molar-refractivity contribution in [3.8, 4) is 6.07 Å². The van der Waals surface area contributed by atoms with Crippen molar-refractivity contribution in [3.63, 3.8) is 0 Å². The summed E-state index contributed by atoms with van der Waals surface area (Å²) < 4.78 is 27.5. The zero-order chi connectivity index (χ0) is 23.6. The second kappa shape index (κ2) is 9.56. The Bertz CT molecular complexity index is 1000. The molecule has 33 heavy (non-hydrogen) atoms. The molecule has 0 bridgehead atoms. The molecule has 1 saturated carbocycles. The highest BCUT2D eigenvalue weighted by atomic mass is 19.2. The molecule has 0 radical (unpaired) electrons. The van der Waals surface area contributed by atoms with Crippen molar-refractivity contribution in [1.29, 1.82) is 5.26 Å². The summed E-state index contributed by atoms with van der Waals surface area (Å²) in [6.45, 7) is 1.40. The van der Waals surface area contributed by atoms with Crippen molar-refractivity contribution >= 4 is 17.6 Å². The number of amidine groups is 1. The molecule has 0 unspecified atom stereocenters. The molecule has 1 aromatic carbocycles. The number of nitriles is 1. The Morgan fingerprint density at radius 3 is 2.52 bits per heavy atom. The summed E-state index contributed by atoms with van der Waals surface area (Å²) in [5.41, 5.74) is -0.816. The highest BCUT2D eigenvalue weighted by Gasteiger charge is 2.38. The SMILES string of the molecule is CN1CCC(C#N)(NC(=O)[C@H](CC2CCCCC2)N=C2NC(=O)c3cc(F)c(F)cc32)CC1. The Kier molecular flexibility index (Phi) is 6.75. The fraction of sp³-hybridized carbons (Fsp3) is 0.583. The molecule has 0 spiro atoms. The third-order valence-electron chi connectivity index (χ3n) is 7.08. The van der Waals surface area contributed by atoms with Crippen LogP contribution in [-0.2, 0) is 4.79 Å². The molecule has 3 aliphatic rings. The van der Waals surface area contributed by atoms with Gasteiger partial charge >= 0.3 is 0 Å². The molecular formula is C24H29F2N5O2. The lowest BCUT2D eigenvalue weighted by Crippen LogP contribution is -2.56. The monoisotopic (exact) mass is 457 g/mol. The largest absolute Gasteiger partial charge is 0.336 e. The number of rotatable bonds is 5. The maximum atomic E-state index is 13.9. The highest BCUT2D eigenvalue weighted by molar-refractivity contribution is 6.23. The number of likely N-dealkylation sites (tertiary alicyclic amines) is 1. The van der Waals surface area contributed by atoms with Crippen molar-refractivity contribution < 1.29 is 18.4 Å². The number of hydrogen-bond donors (Lipinski definition) is 2. The number of nitrogens with zero attached hydrogens (tertiary/aromatic N) is 3. The summed E-state index contributed by atoms with van der Waals surface area (Å²) >= 11 is 0. The minimum Gasteiger partial charge on any atom is -0.336 e. The van der Waals surface area contributed by atoms with Gasteiger partial charge < -0.3 is 15.5 Å². The molecule has 2 heterocycles. The number of piperidine rings is 1. The predicted octanol–water partition coefficient (Wildman–Crippen LogP) is 2.90. The summed E-state index contributed by atoms with van der Waals surface area (Å²) in [5.74, 6) is -2.77. The lowest BCUT2D eigenvalue weighted by molar-refractivity contribution is -0.124. The predicted molar refractivity (Wildman–Crippen MR) is 119 cm³/mol. The van der Waals surface area contributed by atoms with Gasteiger partial charge in [-0.1, -0.05) is 32.1 Å². The average molecular weight is 458 g/mol. The van der Waals surface area contributed by atoms with E-state index in [2.05, 4.69) is 26.6 Å². The summed E-state index contributed by atoms with van der Waals surface area (Å²) in [6.07, 6.45) is 6.84. The highest BCUT2D eigenvalue weighted by Crippen LogP contribution is 2.30. The molecule has 2 aliphatic heterocycles. The maximum Gasteiger partial charge on any atom is 0.257 e. The van der Waals surface area contributed by atoms with Crippen LogP contribution in [0.4, 0.5) is 8.78 Å². The summed E-state index contributed by atoms with van der Waals surface area (Å²) in [4.78, 5) is 32.4. The van der Waals surface area contributed by atoms with Gasteiger partial charge in [0.2, 0.25) is 5.91 Å². The van der Waals surface area contributed by atoms with E-state index in [0.717, 1.165) is 37.8 Å². The number of amides is 2. The van der Waals surface area contributed by atoms with Crippen LogP contribution in [0.1, 0.15) is 67.3 Å². The first-order valence-electron chi connectivity index (χ1n) is 11.6. The van der Waals surface area contributed by atoms with Crippen molar-refractivity contribution in [3.05, 3.63) is 34.9 Å². The Hall–Kier alpha value is -2.86. The van der Waals surface area contributed by atoms with Gasteiger partial charge in [0.25, 0.3) is 5.91 Å². The van der Waals surface area contributed by atoms with Crippen LogP contribution < -0.4 is 10.6 Å². The van der Waals surface area contributed by atoms with E-state index in [-0.39, 0.29) is 22.9 Å². The first kappa shape index (κ1) is 23.3. The molecule has 0 aromatic heterocycles. The van der Waals surface area contributed by atoms with Gasteiger partial charge in [0.1, 0.15) is 17.4 Å². The van der Waals surface area contributed by atoms with E-state index >= 15 is 0 Å². The van der Waals surface area contributed by atoms with Gasteiger partial charge in [-0.3, -0.25) is 14.6 Å². The molecule has 2 amide bonds. The molecular weight excluding hydrogens is 428 g/mol. The van der Waals surface area contributed by atoms with Gasteiger partial charge in [-0.2, -0.15) is 5.26 Å². The van der Waals surface area contributed by atoms with E-state index in [1.165, 1.54) is 6.42 Å². The van der Waals surface area contributed by atoms with Crippen LogP contribution in [0.5, 0.6) is 0 Å². The van der Waals surface area contributed by atoms with E-state index < -0.39 is 29.1 Å². The fourth-order valence-corrected chi connectivity index (χ4v) is 4.97. The lowest BCUT2D eigenvalue weighted by atomic mass is 9.84. The summed E-state index contributed by atoms with van der Waals surface area (Å²) in [6, 6.07) is 3.23. The van der Waals surface area contributed by atoms with E-state index in [4.69, 9.17) is 0 Å². The molecule has 1 aliphatic carbocycles. The zero-order valence-electron chi connectivity index (χ0n) is 18.8.